The van der Waals surface area contributed by atoms with Gasteiger partial charge in [-0.3, -0.25) is 0 Å². The van der Waals surface area contributed by atoms with Crippen molar-refractivity contribution in [3.8, 4) is 5.75 Å². The van der Waals surface area contributed by atoms with Crippen LogP contribution < -0.4 is 10.1 Å². The van der Waals surface area contributed by atoms with Crippen LogP contribution >= 0.6 is 0 Å². The minimum atomic E-state index is -3.09. The van der Waals surface area contributed by atoms with Gasteiger partial charge < -0.3 is 10.1 Å². The molecule has 0 saturated heterocycles. The van der Waals surface area contributed by atoms with Crippen LogP contribution in [-0.2, 0) is 9.84 Å². The van der Waals surface area contributed by atoms with Gasteiger partial charge >= 0.3 is 0 Å². The SMILES string of the molecule is CCNC(CS(=O)(=O)C(C)C)c1cccc(OC)c1. The Morgan fingerprint density at radius 3 is 2.53 bits per heavy atom. The third-order valence-corrected chi connectivity index (χ3v) is 5.30. The third kappa shape index (κ3) is 4.51. The molecule has 5 heteroatoms. The van der Waals surface area contributed by atoms with E-state index in [1.54, 1.807) is 21.0 Å². The molecule has 1 atom stereocenters. The number of hydrogen-bond acceptors (Lipinski definition) is 4. The van der Waals surface area contributed by atoms with Gasteiger partial charge in [0.1, 0.15) is 5.75 Å². The van der Waals surface area contributed by atoms with Crippen LogP contribution in [0.3, 0.4) is 0 Å². The molecule has 0 fully saturated rings. The second-order valence-corrected chi connectivity index (χ2v) is 7.37. The summed E-state index contributed by atoms with van der Waals surface area (Å²) >= 11 is 0. The lowest BCUT2D eigenvalue weighted by atomic mass is 10.1. The molecule has 1 aromatic rings. The van der Waals surface area contributed by atoms with E-state index in [0.29, 0.717) is 0 Å². The highest BCUT2D eigenvalue weighted by molar-refractivity contribution is 7.92. The van der Waals surface area contributed by atoms with Crippen molar-refractivity contribution in [2.45, 2.75) is 32.1 Å². The van der Waals surface area contributed by atoms with E-state index in [9.17, 15) is 8.42 Å². The maximum atomic E-state index is 12.1. The van der Waals surface area contributed by atoms with Crippen molar-refractivity contribution in [2.24, 2.45) is 0 Å². The zero-order valence-electron chi connectivity index (χ0n) is 12.0. The predicted octanol–water partition coefficient (Wildman–Crippen LogP) is 2.17. The summed E-state index contributed by atoms with van der Waals surface area (Å²) < 4.78 is 29.3. The molecule has 19 heavy (non-hydrogen) atoms. The maximum Gasteiger partial charge on any atom is 0.154 e. The van der Waals surface area contributed by atoms with Gasteiger partial charge in [0.15, 0.2) is 9.84 Å². The van der Waals surface area contributed by atoms with Gasteiger partial charge in [-0.1, -0.05) is 19.1 Å². The van der Waals surface area contributed by atoms with Gasteiger partial charge in [-0.2, -0.15) is 0 Å². The van der Waals surface area contributed by atoms with Gasteiger partial charge in [0.05, 0.1) is 18.1 Å². The summed E-state index contributed by atoms with van der Waals surface area (Å²) in [5.74, 6) is 0.841. The Morgan fingerprint density at radius 2 is 2.00 bits per heavy atom. The number of benzene rings is 1. The topological polar surface area (TPSA) is 55.4 Å². The molecule has 1 aromatic carbocycles. The van der Waals surface area contributed by atoms with Crippen LogP contribution in [-0.4, -0.2) is 33.1 Å². The molecule has 108 valence electrons. The molecule has 0 aliphatic carbocycles. The van der Waals surface area contributed by atoms with Gasteiger partial charge in [-0.15, -0.1) is 0 Å². The number of sulfone groups is 1. The molecule has 1 unspecified atom stereocenters. The first kappa shape index (κ1) is 16.0. The minimum absolute atomic E-state index is 0.103. The Labute approximate surface area is 116 Å². The lowest BCUT2D eigenvalue weighted by Crippen LogP contribution is -2.31. The van der Waals surface area contributed by atoms with Crippen LogP contribution in [0.4, 0.5) is 0 Å². The van der Waals surface area contributed by atoms with Gasteiger partial charge in [0.2, 0.25) is 0 Å². The van der Waals surface area contributed by atoms with Crippen molar-refractivity contribution in [1.82, 2.24) is 5.32 Å². The number of hydrogen-bond donors (Lipinski definition) is 1. The Morgan fingerprint density at radius 1 is 1.32 bits per heavy atom. The van der Waals surface area contributed by atoms with Crippen molar-refractivity contribution < 1.29 is 13.2 Å². The summed E-state index contributed by atoms with van der Waals surface area (Å²) in [4.78, 5) is 0. The Balaban J connectivity index is 3.00. The molecule has 0 aromatic heterocycles. The second-order valence-electron chi connectivity index (χ2n) is 4.77. The number of ether oxygens (including phenoxy) is 1. The quantitative estimate of drug-likeness (QED) is 0.834. The van der Waals surface area contributed by atoms with E-state index < -0.39 is 9.84 Å². The highest BCUT2D eigenvalue weighted by atomic mass is 32.2. The van der Waals surface area contributed by atoms with E-state index in [1.807, 2.05) is 31.2 Å². The summed E-state index contributed by atoms with van der Waals surface area (Å²) in [6.07, 6.45) is 0. The Kier molecular flexibility index (Phi) is 5.82. The highest BCUT2D eigenvalue weighted by Gasteiger charge is 2.23. The van der Waals surface area contributed by atoms with Crippen molar-refractivity contribution in [3.05, 3.63) is 29.8 Å². The molecule has 0 aliphatic rings. The monoisotopic (exact) mass is 285 g/mol. The van der Waals surface area contributed by atoms with E-state index in [0.717, 1.165) is 17.9 Å². The van der Waals surface area contributed by atoms with Crippen LogP contribution in [0.25, 0.3) is 0 Å². The number of rotatable bonds is 7. The Hall–Kier alpha value is -1.07. The van der Waals surface area contributed by atoms with Crippen molar-refractivity contribution in [1.29, 1.82) is 0 Å². The summed E-state index contributed by atoms with van der Waals surface area (Å²) in [5.41, 5.74) is 0.936. The van der Waals surface area contributed by atoms with Gasteiger partial charge in [-0.25, -0.2) is 8.42 Å². The molecule has 0 heterocycles. The smallest absolute Gasteiger partial charge is 0.154 e. The largest absolute Gasteiger partial charge is 0.497 e. The third-order valence-electron chi connectivity index (χ3n) is 3.06. The molecule has 0 saturated carbocycles. The number of methoxy groups -OCH3 is 1. The lowest BCUT2D eigenvalue weighted by molar-refractivity contribution is 0.413. The normalized spacial score (nSPS) is 13.5. The maximum absolute atomic E-state index is 12.1. The fourth-order valence-corrected chi connectivity index (χ4v) is 2.96. The average molecular weight is 285 g/mol. The first-order chi connectivity index (χ1) is 8.90. The zero-order valence-corrected chi connectivity index (χ0v) is 12.8. The molecular formula is C14H23NO3S. The fraction of sp³-hybridized carbons (Fsp3) is 0.571. The minimum Gasteiger partial charge on any atom is -0.497 e. The Bertz CT molecular complexity index is 497. The van der Waals surface area contributed by atoms with Crippen molar-refractivity contribution >= 4 is 9.84 Å². The summed E-state index contributed by atoms with van der Waals surface area (Å²) in [6.45, 7) is 6.11. The fourth-order valence-electron chi connectivity index (χ4n) is 1.80. The number of nitrogens with one attached hydrogen (secondary N) is 1. The standard InChI is InChI=1S/C14H23NO3S/c1-5-15-14(10-19(16,17)11(2)3)12-7-6-8-13(9-12)18-4/h6-9,11,14-15H,5,10H2,1-4H3. The van der Waals surface area contributed by atoms with Gasteiger partial charge in [0.25, 0.3) is 0 Å². The molecule has 0 amide bonds. The zero-order chi connectivity index (χ0) is 14.5. The van der Waals surface area contributed by atoms with E-state index in [2.05, 4.69) is 5.32 Å². The first-order valence-corrected chi connectivity index (χ1v) is 8.21. The molecule has 0 aliphatic heterocycles. The van der Waals surface area contributed by atoms with E-state index in [1.165, 1.54) is 0 Å². The summed E-state index contributed by atoms with van der Waals surface area (Å²) in [6, 6.07) is 7.33. The van der Waals surface area contributed by atoms with Crippen LogP contribution in [0.15, 0.2) is 24.3 Å². The first-order valence-electron chi connectivity index (χ1n) is 6.49. The lowest BCUT2D eigenvalue weighted by Gasteiger charge is -2.20. The highest BCUT2D eigenvalue weighted by Crippen LogP contribution is 2.21. The van der Waals surface area contributed by atoms with Crippen molar-refractivity contribution in [2.75, 3.05) is 19.4 Å². The van der Waals surface area contributed by atoms with Gasteiger partial charge in [0, 0.05) is 6.04 Å². The molecule has 0 radical (unpaired) electrons. The predicted molar refractivity (Wildman–Crippen MR) is 78.3 cm³/mol. The molecule has 4 nitrogen and oxygen atoms in total. The van der Waals surface area contributed by atoms with E-state index >= 15 is 0 Å². The van der Waals surface area contributed by atoms with Gasteiger partial charge in [-0.05, 0) is 38.1 Å². The van der Waals surface area contributed by atoms with Crippen LogP contribution in [0.2, 0.25) is 0 Å². The van der Waals surface area contributed by atoms with E-state index in [-0.39, 0.29) is 17.0 Å². The summed E-state index contributed by atoms with van der Waals surface area (Å²) in [5, 5.41) is 2.86. The average Bonchev–Trinajstić information content (AvgIpc) is 2.38. The molecular weight excluding hydrogens is 262 g/mol. The second kappa shape index (κ2) is 6.91. The molecule has 1 N–H and O–H groups in total. The van der Waals surface area contributed by atoms with Crippen LogP contribution in [0.5, 0.6) is 5.75 Å². The summed E-state index contributed by atoms with van der Waals surface area (Å²) in [7, 11) is -1.49. The molecule has 0 bridgehead atoms. The molecule has 0 spiro atoms. The van der Waals surface area contributed by atoms with E-state index in [4.69, 9.17) is 4.74 Å². The van der Waals surface area contributed by atoms with Crippen molar-refractivity contribution in [3.63, 3.8) is 0 Å². The van der Waals surface area contributed by atoms with Crippen LogP contribution in [0.1, 0.15) is 32.4 Å². The van der Waals surface area contributed by atoms with Crippen LogP contribution in [0, 0.1) is 0 Å². The molecule has 1 rings (SSSR count).